The highest BCUT2D eigenvalue weighted by Crippen LogP contribution is 2.45. The Hall–Kier alpha value is -3.55. The molecular formula is C28H25ClF3N5O4S. The molecule has 14 heteroatoms. The van der Waals surface area contributed by atoms with E-state index < -0.39 is 40.5 Å². The van der Waals surface area contributed by atoms with Crippen LogP contribution in [0.4, 0.5) is 13.2 Å². The summed E-state index contributed by atoms with van der Waals surface area (Å²) in [4.78, 5) is 16.6. The third kappa shape index (κ3) is 5.25. The number of rotatable bonds is 6. The second-order valence-corrected chi connectivity index (χ2v) is 12.6. The van der Waals surface area contributed by atoms with Gasteiger partial charge in [0.1, 0.15) is 21.5 Å². The maximum atomic E-state index is 13.7. The molecule has 42 heavy (non-hydrogen) atoms. The zero-order chi connectivity index (χ0) is 30.0. The van der Waals surface area contributed by atoms with Crippen molar-refractivity contribution in [1.82, 2.24) is 23.9 Å². The van der Waals surface area contributed by atoms with Crippen molar-refractivity contribution < 1.29 is 32.0 Å². The molecule has 1 fully saturated rings. The Kier molecular flexibility index (Phi) is 7.02. The highest BCUT2D eigenvalue weighted by Gasteiger charge is 2.50. The number of carbonyl (C=O) groups is 1. The Bertz CT molecular complexity index is 1760. The predicted molar refractivity (Wildman–Crippen MR) is 147 cm³/mol. The molecule has 4 aromatic rings. The predicted octanol–water partition coefficient (Wildman–Crippen LogP) is 5.47. The van der Waals surface area contributed by atoms with Crippen LogP contribution in [0.25, 0.3) is 5.65 Å². The number of aromatic nitrogens is 4. The second kappa shape index (κ2) is 10.3. The van der Waals surface area contributed by atoms with Crippen molar-refractivity contribution in [2.45, 2.75) is 62.2 Å². The fraction of sp³-hybridized carbons (Fsp3) is 0.357. The molecule has 6 rings (SSSR count). The lowest BCUT2D eigenvalue weighted by atomic mass is 9.85. The third-order valence-corrected chi connectivity index (χ3v) is 9.39. The number of hydrogen-bond acceptors (Lipinski definition) is 6. The van der Waals surface area contributed by atoms with E-state index in [0.29, 0.717) is 39.0 Å². The molecule has 1 spiro atoms. The van der Waals surface area contributed by atoms with Crippen molar-refractivity contribution in [3.63, 3.8) is 0 Å². The van der Waals surface area contributed by atoms with Gasteiger partial charge in [0.2, 0.25) is 11.7 Å². The quantitative estimate of drug-likeness (QED) is 0.305. The van der Waals surface area contributed by atoms with Gasteiger partial charge in [0.15, 0.2) is 5.65 Å². The molecule has 1 aromatic carbocycles. The zero-order valence-electron chi connectivity index (χ0n) is 22.5. The van der Waals surface area contributed by atoms with E-state index in [9.17, 15) is 27.3 Å². The van der Waals surface area contributed by atoms with Gasteiger partial charge in [-0.3, -0.25) is 9.20 Å². The van der Waals surface area contributed by atoms with Crippen LogP contribution in [-0.4, -0.2) is 51.3 Å². The Labute approximate surface area is 245 Å². The van der Waals surface area contributed by atoms with Gasteiger partial charge >= 0.3 is 12.1 Å². The molecule has 0 bridgehead atoms. The molecule has 2 unspecified atom stereocenters. The van der Waals surface area contributed by atoms with Gasteiger partial charge in [-0.2, -0.15) is 13.2 Å². The second-order valence-electron chi connectivity index (χ2n) is 10.7. The number of fused-ring (bicyclic) bond motifs is 2. The lowest BCUT2D eigenvalue weighted by molar-refractivity contribution is -0.145. The van der Waals surface area contributed by atoms with Crippen LogP contribution in [0.2, 0.25) is 5.02 Å². The fourth-order valence-corrected chi connectivity index (χ4v) is 6.98. The Morgan fingerprint density at radius 3 is 2.67 bits per heavy atom. The molecule has 3 aromatic heterocycles. The first-order valence-electron chi connectivity index (χ1n) is 13.1. The van der Waals surface area contributed by atoms with Gasteiger partial charge < -0.3 is 9.84 Å². The van der Waals surface area contributed by atoms with Gasteiger partial charge in [-0.05, 0) is 66.6 Å². The van der Waals surface area contributed by atoms with E-state index in [-0.39, 0.29) is 18.6 Å². The molecule has 1 aliphatic heterocycles. The highest BCUT2D eigenvalue weighted by atomic mass is 35.5. The normalized spacial score (nSPS) is 18.9. The van der Waals surface area contributed by atoms with Crippen LogP contribution in [0, 0.1) is 13.8 Å². The molecular weight excluding hydrogens is 595 g/mol. The zero-order valence-corrected chi connectivity index (χ0v) is 24.1. The van der Waals surface area contributed by atoms with Gasteiger partial charge in [-0.15, -0.1) is 10.2 Å². The largest absolute Gasteiger partial charge is 0.481 e. The average Bonchev–Trinajstić information content (AvgIpc) is 3.54. The van der Waals surface area contributed by atoms with Gasteiger partial charge in [-0.1, -0.05) is 29.8 Å². The van der Waals surface area contributed by atoms with E-state index in [0.717, 1.165) is 28.4 Å². The lowest BCUT2D eigenvalue weighted by Gasteiger charge is -2.24. The van der Waals surface area contributed by atoms with Gasteiger partial charge in [0.25, 0.3) is 0 Å². The SMILES string of the molecule is Cc1ccc(C(CC(=O)O)c2ccn3c(C(F)(F)F)nnc3c2C)cc1CN1CC2(CC2)Oc2ncc(Cl)cc2S1=O. The molecule has 4 heterocycles. The maximum Gasteiger partial charge on any atom is 0.452 e. The first kappa shape index (κ1) is 28.6. The third-order valence-electron chi connectivity index (χ3n) is 7.79. The van der Waals surface area contributed by atoms with Crippen molar-refractivity contribution in [3.8, 4) is 5.88 Å². The number of aryl methyl sites for hydroxylation is 2. The standard InChI is InChI=1S/C28H25ClF3N5O4S/c1-15-3-4-17(21(11-23(38)39)20-5-8-37-24(16(20)2)34-35-26(37)28(30,31)32)9-18(15)13-36-14-27(6-7-27)41-25-22(42(36)40)10-19(29)12-33-25/h3-5,8-10,12,21H,6-7,11,13-14H2,1-2H3,(H,38,39). The number of nitrogens with zero attached hydrogens (tertiary/aromatic N) is 5. The van der Waals surface area contributed by atoms with E-state index in [2.05, 4.69) is 15.2 Å². The minimum Gasteiger partial charge on any atom is -0.481 e. The topological polar surface area (TPSA) is 110 Å². The molecule has 9 nitrogen and oxygen atoms in total. The van der Waals surface area contributed by atoms with Crippen LogP contribution < -0.4 is 4.74 Å². The van der Waals surface area contributed by atoms with Gasteiger partial charge in [-0.25, -0.2) is 13.5 Å². The van der Waals surface area contributed by atoms with Crippen LogP contribution in [-0.2, 0) is 28.5 Å². The van der Waals surface area contributed by atoms with E-state index in [1.54, 1.807) is 17.3 Å². The molecule has 2 aliphatic rings. The summed E-state index contributed by atoms with van der Waals surface area (Å²) >= 11 is 6.16. The summed E-state index contributed by atoms with van der Waals surface area (Å²) in [6.45, 7) is 4.20. The number of carboxylic acids is 1. The maximum absolute atomic E-state index is 13.7. The number of hydrogen-bond donors (Lipinski definition) is 1. The molecule has 2 atom stereocenters. The lowest BCUT2D eigenvalue weighted by Crippen LogP contribution is -2.35. The number of carboxylic acid groups (broad SMARTS) is 1. The molecule has 1 N–H and O–H groups in total. The van der Waals surface area contributed by atoms with Crippen LogP contribution in [0.1, 0.15) is 58.8 Å². The van der Waals surface area contributed by atoms with Crippen molar-refractivity contribution in [2.75, 3.05) is 6.54 Å². The van der Waals surface area contributed by atoms with Gasteiger partial charge in [0.05, 0.1) is 18.0 Å². The minimum atomic E-state index is -4.70. The van der Waals surface area contributed by atoms with Crippen LogP contribution in [0.15, 0.2) is 47.6 Å². The summed E-state index contributed by atoms with van der Waals surface area (Å²) in [5.74, 6) is -2.60. The highest BCUT2D eigenvalue weighted by molar-refractivity contribution is 7.82. The summed E-state index contributed by atoms with van der Waals surface area (Å²) in [6.07, 6.45) is -0.725. The van der Waals surface area contributed by atoms with Crippen LogP contribution in [0.5, 0.6) is 5.88 Å². The molecule has 0 radical (unpaired) electrons. The first-order chi connectivity index (χ1) is 19.8. The van der Waals surface area contributed by atoms with Crippen LogP contribution >= 0.6 is 11.6 Å². The summed E-state index contributed by atoms with van der Waals surface area (Å²) in [6, 6.07) is 8.62. The van der Waals surface area contributed by atoms with Gasteiger partial charge in [0, 0.05) is 24.9 Å². The summed E-state index contributed by atoms with van der Waals surface area (Å²) in [5, 5.41) is 17.2. The number of alkyl halides is 3. The monoisotopic (exact) mass is 619 g/mol. The minimum absolute atomic E-state index is 0.00294. The number of pyridine rings is 2. The van der Waals surface area contributed by atoms with Crippen molar-refractivity contribution in [2.24, 2.45) is 0 Å². The summed E-state index contributed by atoms with van der Waals surface area (Å²) in [7, 11) is -1.63. The van der Waals surface area contributed by atoms with Crippen molar-refractivity contribution in [3.05, 3.63) is 81.4 Å². The first-order valence-corrected chi connectivity index (χ1v) is 14.6. The van der Waals surface area contributed by atoms with Crippen LogP contribution in [0.3, 0.4) is 0 Å². The molecule has 0 amide bonds. The van der Waals surface area contributed by atoms with E-state index >= 15 is 0 Å². The van der Waals surface area contributed by atoms with E-state index in [1.807, 2.05) is 25.1 Å². The van der Waals surface area contributed by atoms with Crippen molar-refractivity contribution >= 4 is 34.2 Å². The van der Waals surface area contributed by atoms with E-state index in [1.165, 1.54) is 18.5 Å². The average molecular weight is 620 g/mol. The molecule has 1 saturated carbocycles. The molecule has 0 saturated heterocycles. The van der Waals surface area contributed by atoms with E-state index in [4.69, 9.17) is 16.3 Å². The Morgan fingerprint density at radius 2 is 1.98 bits per heavy atom. The number of benzene rings is 1. The smallest absolute Gasteiger partial charge is 0.452 e. The number of aliphatic carboxylic acids is 1. The fourth-order valence-electron chi connectivity index (χ4n) is 5.40. The number of halogens is 4. The molecule has 220 valence electrons. The molecule has 1 aliphatic carbocycles. The summed E-state index contributed by atoms with van der Waals surface area (Å²) in [5.41, 5.74) is 2.83. The number of ether oxygens (including phenoxy) is 1. The summed E-state index contributed by atoms with van der Waals surface area (Å²) < 4.78 is 62.8. The van der Waals surface area contributed by atoms with Crippen molar-refractivity contribution in [1.29, 1.82) is 0 Å². The Morgan fingerprint density at radius 1 is 1.21 bits per heavy atom. The Balaban J connectivity index is 1.38.